The van der Waals surface area contributed by atoms with Crippen LogP contribution in [0.3, 0.4) is 0 Å². The molecule has 0 aliphatic carbocycles. The van der Waals surface area contributed by atoms with E-state index in [1.54, 1.807) is 13.0 Å². The second kappa shape index (κ2) is 4.61. The van der Waals surface area contributed by atoms with Gasteiger partial charge in [-0.3, -0.25) is 10.1 Å². The van der Waals surface area contributed by atoms with Crippen molar-refractivity contribution in [2.24, 2.45) is 11.1 Å². The van der Waals surface area contributed by atoms with Gasteiger partial charge in [-0.15, -0.1) is 0 Å². The van der Waals surface area contributed by atoms with Crippen LogP contribution in [0.5, 0.6) is 0 Å². The van der Waals surface area contributed by atoms with Gasteiger partial charge in [0.25, 0.3) is 5.69 Å². The lowest BCUT2D eigenvalue weighted by Crippen LogP contribution is -2.25. The van der Waals surface area contributed by atoms with Crippen LogP contribution >= 0.6 is 0 Å². The molecule has 0 saturated heterocycles. The standard InChI is InChI=1S/C12H18N2O2/c1-9-6-10(7-12(2,3)8-13)4-5-11(9)14(15)16/h4-6H,7-8,13H2,1-3H3. The molecule has 0 heterocycles. The lowest BCUT2D eigenvalue weighted by Gasteiger charge is -2.22. The van der Waals surface area contributed by atoms with Crippen molar-refractivity contribution in [1.29, 1.82) is 0 Å². The van der Waals surface area contributed by atoms with E-state index in [9.17, 15) is 10.1 Å². The average Bonchev–Trinajstić information content (AvgIpc) is 2.16. The molecule has 0 atom stereocenters. The van der Waals surface area contributed by atoms with E-state index in [0.29, 0.717) is 12.1 Å². The maximum atomic E-state index is 10.7. The van der Waals surface area contributed by atoms with Crippen LogP contribution in [0.2, 0.25) is 0 Å². The van der Waals surface area contributed by atoms with Gasteiger partial charge < -0.3 is 5.73 Å². The molecule has 88 valence electrons. The van der Waals surface area contributed by atoms with Crippen molar-refractivity contribution < 1.29 is 4.92 Å². The quantitative estimate of drug-likeness (QED) is 0.628. The Balaban J connectivity index is 2.94. The van der Waals surface area contributed by atoms with Crippen LogP contribution in [0.15, 0.2) is 18.2 Å². The van der Waals surface area contributed by atoms with E-state index < -0.39 is 0 Å². The van der Waals surface area contributed by atoms with Gasteiger partial charge in [0.05, 0.1) is 4.92 Å². The van der Waals surface area contributed by atoms with Crippen LogP contribution in [-0.4, -0.2) is 11.5 Å². The van der Waals surface area contributed by atoms with Gasteiger partial charge in [-0.25, -0.2) is 0 Å². The second-order valence-corrected chi connectivity index (χ2v) is 4.92. The third-order valence-electron chi connectivity index (χ3n) is 2.69. The zero-order chi connectivity index (χ0) is 12.3. The van der Waals surface area contributed by atoms with Crippen LogP contribution in [0.25, 0.3) is 0 Å². The van der Waals surface area contributed by atoms with E-state index in [-0.39, 0.29) is 16.0 Å². The van der Waals surface area contributed by atoms with Gasteiger partial charge in [0.15, 0.2) is 0 Å². The summed E-state index contributed by atoms with van der Waals surface area (Å²) in [6.45, 7) is 6.54. The molecule has 0 bridgehead atoms. The molecular formula is C12H18N2O2. The van der Waals surface area contributed by atoms with Crippen LogP contribution in [0, 0.1) is 22.5 Å². The number of nitro groups is 1. The fourth-order valence-corrected chi connectivity index (χ4v) is 1.66. The highest BCUT2D eigenvalue weighted by atomic mass is 16.6. The summed E-state index contributed by atoms with van der Waals surface area (Å²) in [7, 11) is 0. The van der Waals surface area contributed by atoms with E-state index in [1.165, 1.54) is 0 Å². The molecule has 2 N–H and O–H groups in total. The third-order valence-corrected chi connectivity index (χ3v) is 2.69. The smallest absolute Gasteiger partial charge is 0.272 e. The third kappa shape index (κ3) is 3.03. The number of benzene rings is 1. The zero-order valence-electron chi connectivity index (χ0n) is 9.99. The van der Waals surface area contributed by atoms with Gasteiger partial charge in [-0.2, -0.15) is 0 Å². The molecule has 4 nitrogen and oxygen atoms in total. The maximum Gasteiger partial charge on any atom is 0.272 e. The summed E-state index contributed by atoms with van der Waals surface area (Å²) < 4.78 is 0. The highest BCUT2D eigenvalue weighted by Gasteiger charge is 2.18. The summed E-state index contributed by atoms with van der Waals surface area (Å²) in [6, 6.07) is 5.25. The molecule has 0 spiro atoms. The average molecular weight is 222 g/mol. The van der Waals surface area contributed by atoms with E-state index in [2.05, 4.69) is 13.8 Å². The van der Waals surface area contributed by atoms with Crippen molar-refractivity contribution in [2.75, 3.05) is 6.54 Å². The van der Waals surface area contributed by atoms with Gasteiger partial charge >= 0.3 is 0 Å². The van der Waals surface area contributed by atoms with Crippen LogP contribution < -0.4 is 5.73 Å². The summed E-state index contributed by atoms with van der Waals surface area (Å²) >= 11 is 0. The number of hydrogen-bond acceptors (Lipinski definition) is 3. The fraction of sp³-hybridized carbons (Fsp3) is 0.500. The topological polar surface area (TPSA) is 69.2 Å². The predicted molar refractivity (Wildman–Crippen MR) is 64.4 cm³/mol. The van der Waals surface area contributed by atoms with Crippen molar-refractivity contribution in [3.8, 4) is 0 Å². The largest absolute Gasteiger partial charge is 0.330 e. The van der Waals surface area contributed by atoms with Crippen molar-refractivity contribution in [1.82, 2.24) is 0 Å². The number of aryl methyl sites for hydroxylation is 1. The molecule has 0 fully saturated rings. The van der Waals surface area contributed by atoms with Crippen LogP contribution in [0.1, 0.15) is 25.0 Å². The van der Waals surface area contributed by atoms with Crippen molar-refractivity contribution in [3.05, 3.63) is 39.4 Å². The van der Waals surface area contributed by atoms with Gasteiger partial charge in [0.2, 0.25) is 0 Å². The maximum absolute atomic E-state index is 10.7. The second-order valence-electron chi connectivity index (χ2n) is 4.92. The van der Waals surface area contributed by atoms with Gasteiger partial charge in [-0.05, 0) is 36.9 Å². The molecule has 0 aliphatic rings. The molecule has 16 heavy (non-hydrogen) atoms. The highest BCUT2D eigenvalue weighted by molar-refractivity contribution is 5.42. The minimum atomic E-state index is -0.354. The first kappa shape index (κ1) is 12.6. The molecule has 0 aromatic heterocycles. The Morgan fingerprint density at radius 1 is 1.44 bits per heavy atom. The zero-order valence-corrected chi connectivity index (χ0v) is 9.99. The summed E-state index contributed by atoms with van der Waals surface area (Å²) in [5, 5.41) is 10.7. The van der Waals surface area contributed by atoms with E-state index in [1.807, 2.05) is 12.1 Å². The highest BCUT2D eigenvalue weighted by Crippen LogP contribution is 2.24. The molecule has 1 aromatic carbocycles. The predicted octanol–water partition coefficient (Wildman–Crippen LogP) is 2.43. The Bertz CT molecular complexity index is 400. The molecule has 4 heteroatoms. The summed E-state index contributed by atoms with van der Waals surface area (Å²) in [5.41, 5.74) is 7.67. The number of hydrogen-bond donors (Lipinski definition) is 1. The lowest BCUT2D eigenvalue weighted by atomic mass is 9.85. The van der Waals surface area contributed by atoms with Gasteiger partial charge in [0, 0.05) is 11.6 Å². The lowest BCUT2D eigenvalue weighted by molar-refractivity contribution is -0.385. The number of nitrogens with zero attached hydrogens (tertiary/aromatic N) is 1. The molecule has 0 amide bonds. The molecule has 0 unspecified atom stereocenters. The number of nitro benzene ring substituents is 1. The summed E-state index contributed by atoms with van der Waals surface area (Å²) in [6.07, 6.45) is 0.836. The first-order valence-corrected chi connectivity index (χ1v) is 5.30. The Morgan fingerprint density at radius 2 is 2.06 bits per heavy atom. The minimum absolute atomic E-state index is 0.0303. The number of rotatable bonds is 4. The van der Waals surface area contributed by atoms with Crippen molar-refractivity contribution in [2.45, 2.75) is 27.2 Å². The molecule has 0 saturated carbocycles. The van der Waals surface area contributed by atoms with Crippen molar-refractivity contribution in [3.63, 3.8) is 0 Å². The SMILES string of the molecule is Cc1cc(CC(C)(C)CN)ccc1[N+](=O)[O-]. The molecular weight excluding hydrogens is 204 g/mol. The molecule has 0 aliphatic heterocycles. The van der Waals surface area contributed by atoms with E-state index >= 15 is 0 Å². The normalized spacial score (nSPS) is 11.5. The number of nitrogens with two attached hydrogens (primary N) is 1. The minimum Gasteiger partial charge on any atom is -0.330 e. The first-order valence-electron chi connectivity index (χ1n) is 5.30. The van der Waals surface area contributed by atoms with Crippen LogP contribution in [0.4, 0.5) is 5.69 Å². The van der Waals surface area contributed by atoms with Gasteiger partial charge in [-0.1, -0.05) is 19.9 Å². The Morgan fingerprint density at radius 3 is 2.50 bits per heavy atom. The summed E-state index contributed by atoms with van der Waals surface area (Å²) in [4.78, 5) is 10.3. The Kier molecular flexibility index (Phi) is 3.65. The van der Waals surface area contributed by atoms with Crippen molar-refractivity contribution >= 4 is 5.69 Å². The van der Waals surface area contributed by atoms with E-state index in [0.717, 1.165) is 12.0 Å². The van der Waals surface area contributed by atoms with Gasteiger partial charge in [0.1, 0.15) is 0 Å². The molecule has 1 rings (SSSR count). The monoisotopic (exact) mass is 222 g/mol. The first-order chi connectivity index (χ1) is 7.35. The molecule has 1 aromatic rings. The van der Waals surface area contributed by atoms with Crippen LogP contribution in [-0.2, 0) is 6.42 Å². The molecule has 0 radical (unpaired) electrons. The summed E-state index contributed by atoms with van der Waals surface area (Å²) in [5.74, 6) is 0. The van der Waals surface area contributed by atoms with E-state index in [4.69, 9.17) is 5.73 Å². The Hall–Kier alpha value is -1.42. The fourth-order valence-electron chi connectivity index (χ4n) is 1.66. The Labute approximate surface area is 95.6 Å².